The molecule has 1 N–H and O–H groups in total. The van der Waals surface area contributed by atoms with Gasteiger partial charge in [0.15, 0.2) is 0 Å². The molecule has 0 spiro atoms. The van der Waals surface area contributed by atoms with Gasteiger partial charge in [-0.05, 0) is 32.4 Å². The first-order valence-electron chi connectivity index (χ1n) is 4.19. The van der Waals surface area contributed by atoms with E-state index in [1.807, 2.05) is 19.1 Å². The summed E-state index contributed by atoms with van der Waals surface area (Å²) in [6, 6.07) is 2.15. The second kappa shape index (κ2) is 3.96. The Hall–Kier alpha value is -1.24. The second-order valence-electron chi connectivity index (χ2n) is 2.92. The minimum absolute atomic E-state index is 1.22. The lowest BCUT2D eigenvalue weighted by Crippen LogP contribution is -1.72. The summed E-state index contributed by atoms with van der Waals surface area (Å²) in [5, 5.41) is 0. The van der Waals surface area contributed by atoms with Gasteiger partial charge in [-0.2, -0.15) is 0 Å². The maximum atomic E-state index is 3.26. The van der Waals surface area contributed by atoms with Gasteiger partial charge in [0, 0.05) is 11.4 Å². The van der Waals surface area contributed by atoms with E-state index in [4.69, 9.17) is 0 Å². The van der Waals surface area contributed by atoms with Crippen LogP contribution in [0.25, 0.3) is 6.08 Å². The fourth-order valence-corrected chi connectivity index (χ4v) is 1.19. The molecule has 12 heavy (non-hydrogen) atoms. The van der Waals surface area contributed by atoms with Crippen LogP contribution < -0.4 is 0 Å². The summed E-state index contributed by atoms with van der Waals surface area (Å²) in [5.41, 5.74) is 3.71. The van der Waals surface area contributed by atoms with Crippen LogP contribution in [0.15, 0.2) is 24.3 Å². The fourth-order valence-electron chi connectivity index (χ4n) is 1.19. The van der Waals surface area contributed by atoms with E-state index in [-0.39, 0.29) is 0 Å². The molecule has 0 bridgehead atoms. The summed E-state index contributed by atoms with van der Waals surface area (Å²) in [6.07, 6.45) is 8.21. The summed E-state index contributed by atoms with van der Waals surface area (Å²) in [5.74, 6) is 0. The smallest absolute Gasteiger partial charge is 0.0191 e. The molecule has 0 amide bonds. The van der Waals surface area contributed by atoms with Gasteiger partial charge in [0.1, 0.15) is 0 Å². The van der Waals surface area contributed by atoms with Crippen molar-refractivity contribution in [2.24, 2.45) is 0 Å². The van der Waals surface area contributed by atoms with Crippen LogP contribution >= 0.6 is 0 Å². The summed E-state index contributed by atoms with van der Waals surface area (Å²) in [7, 11) is 0. The molecule has 0 aliphatic heterocycles. The maximum absolute atomic E-state index is 3.26. The molecule has 0 saturated heterocycles. The van der Waals surface area contributed by atoms with Crippen LogP contribution in [-0.4, -0.2) is 4.98 Å². The topological polar surface area (TPSA) is 15.8 Å². The number of aromatic amines is 1. The second-order valence-corrected chi connectivity index (χ2v) is 2.92. The van der Waals surface area contributed by atoms with Gasteiger partial charge in [0.05, 0.1) is 0 Å². The zero-order valence-corrected chi connectivity index (χ0v) is 7.89. The van der Waals surface area contributed by atoms with E-state index in [9.17, 15) is 0 Å². The van der Waals surface area contributed by atoms with Crippen molar-refractivity contribution in [3.8, 4) is 0 Å². The average Bonchev–Trinajstić information content (AvgIpc) is 2.31. The number of hydrogen-bond donors (Lipinski definition) is 1. The van der Waals surface area contributed by atoms with Gasteiger partial charge in [0.2, 0.25) is 0 Å². The van der Waals surface area contributed by atoms with Crippen molar-refractivity contribution < 1.29 is 0 Å². The van der Waals surface area contributed by atoms with Crippen molar-refractivity contribution in [3.05, 3.63) is 41.2 Å². The van der Waals surface area contributed by atoms with E-state index >= 15 is 0 Å². The van der Waals surface area contributed by atoms with Gasteiger partial charge in [-0.25, -0.2) is 0 Å². The van der Waals surface area contributed by atoms with E-state index in [1.54, 1.807) is 0 Å². The molecule has 0 aliphatic carbocycles. The number of nitrogens with one attached hydrogen (secondary N) is 1. The molecule has 1 rings (SSSR count). The van der Waals surface area contributed by atoms with Gasteiger partial charge < -0.3 is 4.98 Å². The Morgan fingerprint density at radius 3 is 2.50 bits per heavy atom. The van der Waals surface area contributed by atoms with E-state index in [0.29, 0.717) is 0 Å². The van der Waals surface area contributed by atoms with Crippen LogP contribution in [0.3, 0.4) is 0 Å². The van der Waals surface area contributed by atoms with Crippen LogP contribution in [0.2, 0.25) is 0 Å². The summed E-state index contributed by atoms with van der Waals surface area (Å²) >= 11 is 0. The van der Waals surface area contributed by atoms with Crippen molar-refractivity contribution in [2.75, 3.05) is 0 Å². The molecule has 1 heteroatoms. The number of rotatable bonds is 2. The van der Waals surface area contributed by atoms with E-state index in [0.717, 1.165) is 0 Å². The van der Waals surface area contributed by atoms with Gasteiger partial charge in [-0.15, -0.1) is 0 Å². The third kappa shape index (κ3) is 2.12. The lowest BCUT2D eigenvalue weighted by Gasteiger charge is -1.86. The molecule has 1 nitrogen and oxygen atoms in total. The standard InChI is InChI=1S/C11H15N/c1-4-5-6-7-11-8-9(2)12-10(11)3/h4-8,12H,1-3H3. The number of allylic oxidation sites excluding steroid dienone is 3. The van der Waals surface area contributed by atoms with Crippen molar-refractivity contribution in [1.82, 2.24) is 4.98 Å². The molecular formula is C11H15N. The largest absolute Gasteiger partial charge is 0.362 e. The monoisotopic (exact) mass is 161 g/mol. The molecule has 0 fully saturated rings. The van der Waals surface area contributed by atoms with Crippen molar-refractivity contribution in [2.45, 2.75) is 20.8 Å². The highest BCUT2D eigenvalue weighted by Crippen LogP contribution is 2.10. The lowest BCUT2D eigenvalue weighted by atomic mass is 10.2. The zero-order valence-electron chi connectivity index (χ0n) is 7.89. The SMILES string of the molecule is CC=CC=Cc1cc(C)[nH]c1C. The Morgan fingerprint density at radius 2 is 2.00 bits per heavy atom. The molecule has 1 heterocycles. The molecule has 1 aromatic rings. The Kier molecular flexibility index (Phi) is 2.92. The Morgan fingerprint density at radius 1 is 1.25 bits per heavy atom. The average molecular weight is 161 g/mol. The molecule has 0 radical (unpaired) electrons. The predicted molar refractivity (Wildman–Crippen MR) is 54.1 cm³/mol. The lowest BCUT2D eigenvalue weighted by molar-refractivity contribution is 1.19. The van der Waals surface area contributed by atoms with Crippen molar-refractivity contribution >= 4 is 6.08 Å². The Labute approximate surface area is 73.8 Å². The molecule has 0 atom stereocenters. The summed E-state index contributed by atoms with van der Waals surface area (Å²) in [4.78, 5) is 3.26. The molecule has 1 aromatic heterocycles. The van der Waals surface area contributed by atoms with Crippen LogP contribution in [0.5, 0.6) is 0 Å². The first-order valence-corrected chi connectivity index (χ1v) is 4.19. The number of aromatic nitrogens is 1. The van der Waals surface area contributed by atoms with Crippen LogP contribution in [0, 0.1) is 13.8 Å². The number of H-pyrrole nitrogens is 1. The van der Waals surface area contributed by atoms with Crippen molar-refractivity contribution in [3.63, 3.8) is 0 Å². The minimum Gasteiger partial charge on any atom is -0.362 e. The molecule has 0 aromatic carbocycles. The molecule has 0 saturated carbocycles. The van der Waals surface area contributed by atoms with E-state index in [1.165, 1.54) is 17.0 Å². The zero-order chi connectivity index (χ0) is 8.97. The van der Waals surface area contributed by atoms with Gasteiger partial charge >= 0.3 is 0 Å². The molecular weight excluding hydrogens is 146 g/mol. The van der Waals surface area contributed by atoms with Gasteiger partial charge in [-0.1, -0.05) is 24.3 Å². The van der Waals surface area contributed by atoms with Crippen LogP contribution in [-0.2, 0) is 0 Å². The van der Waals surface area contributed by atoms with Crippen LogP contribution in [0.1, 0.15) is 23.9 Å². The summed E-state index contributed by atoms with van der Waals surface area (Å²) < 4.78 is 0. The van der Waals surface area contributed by atoms with Gasteiger partial charge in [-0.3, -0.25) is 0 Å². The van der Waals surface area contributed by atoms with Crippen LogP contribution in [0.4, 0.5) is 0 Å². The Balaban J connectivity index is 2.81. The highest BCUT2D eigenvalue weighted by molar-refractivity contribution is 5.54. The molecule has 0 unspecified atom stereocenters. The normalized spacial score (nSPS) is 11.9. The first-order chi connectivity index (χ1) is 5.74. The number of hydrogen-bond acceptors (Lipinski definition) is 0. The minimum atomic E-state index is 1.22. The van der Waals surface area contributed by atoms with E-state index in [2.05, 4.69) is 37.0 Å². The Bertz CT molecular complexity index is 303. The number of aryl methyl sites for hydroxylation is 2. The molecule has 0 aliphatic rings. The fraction of sp³-hybridized carbons (Fsp3) is 0.273. The first kappa shape index (κ1) is 8.85. The van der Waals surface area contributed by atoms with E-state index < -0.39 is 0 Å². The van der Waals surface area contributed by atoms with Crippen molar-refractivity contribution in [1.29, 1.82) is 0 Å². The third-order valence-corrected chi connectivity index (χ3v) is 1.77. The third-order valence-electron chi connectivity index (χ3n) is 1.77. The van der Waals surface area contributed by atoms with Gasteiger partial charge in [0.25, 0.3) is 0 Å². The highest BCUT2D eigenvalue weighted by atomic mass is 14.7. The molecule has 64 valence electrons. The maximum Gasteiger partial charge on any atom is 0.0191 e. The highest BCUT2D eigenvalue weighted by Gasteiger charge is 1.95. The summed E-state index contributed by atoms with van der Waals surface area (Å²) in [6.45, 7) is 6.17. The quantitative estimate of drug-likeness (QED) is 0.641. The predicted octanol–water partition coefficient (Wildman–Crippen LogP) is 3.22.